The summed E-state index contributed by atoms with van der Waals surface area (Å²) in [6.07, 6.45) is 0. The Balaban J connectivity index is 2.43. The first-order chi connectivity index (χ1) is 9.31. The molecule has 3 N–H and O–H groups in total. The van der Waals surface area contributed by atoms with Gasteiger partial charge in [-0.05, 0) is 36.8 Å². The summed E-state index contributed by atoms with van der Waals surface area (Å²) in [5.74, 6) is -0.704. The number of aryl methyl sites for hydroxylation is 1. The first-order valence-corrected chi connectivity index (χ1v) is 7.50. The molecule has 0 amide bonds. The van der Waals surface area contributed by atoms with Gasteiger partial charge in [0.2, 0.25) is 0 Å². The van der Waals surface area contributed by atoms with Crippen LogP contribution in [0.2, 0.25) is 5.02 Å². The van der Waals surface area contributed by atoms with Gasteiger partial charge in [0.15, 0.2) is 0 Å². The van der Waals surface area contributed by atoms with Crippen molar-refractivity contribution in [1.82, 2.24) is 0 Å². The highest BCUT2D eigenvalue weighted by Gasteiger charge is 2.20. The van der Waals surface area contributed by atoms with Crippen molar-refractivity contribution in [2.45, 2.75) is 11.8 Å². The van der Waals surface area contributed by atoms with Crippen LogP contribution >= 0.6 is 11.6 Å². The first kappa shape index (κ1) is 14.6. The maximum Gasteiger partial charge on any atom is 0.264 e. The van der Waals surface area contributed by atoms with Crippen LogP contribution in [-0.2, 0) is 10.0 Å². The average molecular weight is 315 g/mol. The molecule has 0 aromatic heterocycles. The molecule has 0 spiro atoms. The Kier molecular flexibility index (Phi) is 3.87. The molecule has 0 atom stereocenters. The smallest absolute Gasteiger partial charge is 0.264 e. The van der Waals surface area contributed by atoms with E-state index in [2.05, 4.69) is 4.72 Å². The van der Waals surface area contributed by atoms with Gasteiger partial charge in [0.1, 0.15) is 10.7 Å². The summed E-state index contributed by atoms with van der Waals surface area (Å²) >= 11 is 5.55. The third-order valence-corrected chi connectivity index (χ3v) is 4.59. The summed E-state index contributed by atoms with van der Waals surface area (Å²) in [4.78, 5) is -0.0182. The van der Waals surface area contributed by atoms with Crippen LogP contribution in [0.1, 0.15) is 5.56 Å². The summed E-state index contributed by atoms with van der Waals surface area (Å²) in [5.41, 5.74) is 6.42. The average Bonchev–Trinajstić information content (AvgIpc) is 2.33. The fourth-order valence-electron chi connectivity index (χ4n) is 1.81. The van der Waals surface area contributed by atoms with Crippen LogP contribution in [0.4, 0.5) is 15.8 Å². The van der Waals surface area contributed by atoms with Crippen LogP contribution in [0.15, 0.2) is 41.3 Å². The lowest BCUT2D eigenvalue weighted by molar-refractivity contribution is 0.601. The lowest BCUT2D eigenvalue weighted by Crippen LogP contribution is -2.16. The molecule has 0 heterocycles. The van der Waals surface area contributed by atoms with Gasteiger partial charge in [0, 0.05) is 0 Å². The second-order valence-corrected chi connectivity index (χ2v) is 6.25. The largest absolute Gasteiger partial charge is 0.398 e. The molecule has 0 radical (unpaired) electrons. The van der Waals surface area contributed by atoms with Gasteiger partial charge in [-0.2, -0.15) is 0 Å². The van der Waals surface area contributed by atoms with E-state index in [-0.39, 0.29) is 21.3 Å². The van der Waals surface area contributed by atoms with Crippen LogP contribution < -0.4 is 10.5 Å². The normalized spacial score (nSPS) is 11.3. The lowest BCUT2D eigenvalue weighted by Gasteiger charge is -2.12. The molecule has 2 rings (SSSR count). The van der Waals surface area contributed by atoms with Crippen molar-refractivity contribution < 1.29 is 12.8 Å². The van der Waals surface area contributed by atoms with E-state index in [9.17, 15) is 12.8 Å². The number of nitrogens with two attached hydrogens (primary N) is 1. The molecule has 0 aliphatic rings. The molecule has 106 valence electrons. The highest BCUT2D eigenvalue weighted by Crippen LogP contribution is 2.26. The highest BCUT2D eigenvalue weighted by atomic mass is 35.5. The van der Waals surface area contributed by atoms with Crippen molar-refractivity contribution in [2.75, 3.05) is 10.5 Å². The fourth-order valence-corrected chi connectivity index (χ4v) is 3.34. The minimum Gasteiger partial charge on any atom is -0.398 e. The van der Waals surface area contributed by atoms with Gasteiger partial charge in [-0.15, -0.1) is 0 Å². The summed E-state index contributed by atoms with van der Waals surface area (Å²) < 4.78 is 40.2. The zero-order chi connectivity index (χ0) is 14.9. The van der Waals surface area contributed by atoms with Crippen LogP contribution in [0.5, 0.6) is 0 Å². The predicted molar refractivity (Wildman–Crippen MR) is 77.8 cm³/mol. The van der Waals surface area contributed by atoms with Crippen LogP contribution in [-0.4, -0.2) is 8.42 Å². The summed E-state index contributed by atoms with van der Waals surface area (Å²) in [5, 5.41) is -0.0802. The van der Waals surface area contributed by atoms with E-state index in [4.69, 9.17) is 17.3 Å². The van der Waals surface area contributed by atoms with Crippen molar-refractivity contribution in [3.63, 3.8) is 0 Å². The number of hydrogen-bond donors (Lipinski definition) is 2. The maximum absolute atomic E-state index is 13.3. The third-order valence-electron chi connectivity index (χ3n) is 2.68. The molecule has 4 nitrogen and oxygen atoms in total. The van der Waals surface area contributed by atoms with E-state index in [0.717, 1.165) is 6.07 Å². The standard InChI is InChI=1S/C13H12ClFN2O2S/c1-8-3-2-4-12(16)13(8)20(18,19)17-9-5-6-10(14)11(15)7-9/h2-7,17H,16H2,1H3. The molecule has 0 saturated carbocycles. The number of hydrogen-bond acceptors (Lipinski definition) is 3. The molecule has 0 bridgehead atoms. The second kappa shape index (κ2) is 5.30. The SMILES string of the molecule is Cc1cccc(N)c1S(=O)(=O)Nc1ccc(Cl)c(F)c1. The second-order valence-electron chi connectivity index (χ2n) is 4.23. The van der Waals surface area contributed by atoms with Crippen molar-refractivity contribution >= 4 is 33.0 Å². The monoisotopic (exact) mass is 314 g/mol. The zero-order valence-electron chi connectivity index (χ0n) is 10.5. The number of sulfonamides is 1. The summed E-state index contributed by atoms with van der Waals surface area (Å²) in [6.45, 7) is 1.63. The minimum atomic E-state index is -3.89. The molecule has 2 aromatic rings. The van der Waals surface area contributed by atoms with Gasteiger partial charge in [0.05, 0.1) is 16.4 Å². The van der Waals surface area contributed by atoms with Gasteiger partial charge >= 0.3 is 0 Å². The van der Waals surface area contributed by atoms with E-state index in [0.29, 0.717) is 5.56 Å². The lowest BCUT2D eigenvalue weighted by atomic mass is 10.2. The van der Waals surface area contributed by atoms with Gasteiger partial charge in [0.25, 0.3) is 10.0 Å². The van der Waals surface area contributed by atoms with Crippen LogP contribution in [0, 0.1) is 12.7 Å². The van der Waals surface area contributed by atoms with Crippen molar-refractivity contribution in [2.24, 2.45) is 0 Å². The van der Waals surface area contributed by atoms with Crippen molar-refractivity contribution in [1.29, 1.82) is 0 Å². The quantitative estimate of drug-likeness (QED) is 0.855. The number of benzene rings is 2. The first-order valence-electron chi connectivity index (χ1n) is 5.64. The summed E-state index contributed by atoms with van der Waals surface area (Å²) in [7, 11) is -3.89. The third kappa shape index (κ3) is 2.86. The van der Waals surface area contributed by atoms with Crippen LogP contribution in [0.3, 0.4) is 0 Å². The molecular weight excluding hydrogens is 303 g/mol. The fraction of sp³-hybridized carbons (Fsp3) is 0.0769. The molecule has 0 saturated heterocycles. The number of nitrogens with one attached hydrogen (secondary N) is 1. The van der Waals surface area contributed by atoms with Gasteiger partial charge in [-0.25, -0.2) is 12.8 Å². The van der Waals surface area contributed by atoms with E-state index >= 15 is 0 Å². The predicted octanol–water partition coefficient (Wildman–Crippen LogP) is 3.17. The molecule has 0 aliphatic heterocycles. The summed E-state index contributed by atoms with van der Waals surface area (Å²) in [6, 6.07) is 8.44. The topological polar surface area (TPSA) is 72.2 Å². The maximum atomic E-state index is 13.3. The molecule has 0 fully saturated rings. The molecule has 2 aromatic carbocycles. The Morgan fingerprint density at radius 2 is 1.95 bits per heavy atom. The highest BCUT2D eigenvalue weighted by molar-refractivity contribution is 7.93. The van der Waals surface area contributed by atoms with E-state index in [1.165, 1.54) is 18.2 Å². The number of rotatable bonds is 3. The van der Waals surface area contributed by atoms with E-state index in [1.807, 2.05) is 0 Å². The number of nitrogen functional groups attached to an aromatic ring is 1. The van der Waals surface area contributed by atoms with Crippen LogP contribution in [0.25, 0.3) is 0 Å². The van der Waals surface area contributed by atoms with Gasteiger partial charge in [-0.1, -0.05) is 23.7 Å². The Morgan fingerprint density at radius 1 is 1.25 bits per heavy atom. The van der Waals surface area contributed by atoms with Crippen molar-refractivity contribution in [3.05, 3.63) is 52.8 Å². The Morgan fingerprint density at radius 3 is 2.55 bits per heavy atom. The van der Waals surface area contributed by atoms with E-state index in [1.54, 1.807) is 19.1 Å². The Hall–Kier alpha value is -1.79. The van der Waals surface area contributed by atoms with E-state index < -0.39 is 15.8 Å². The molecule has 7 heteroatoms. The number of halogens is 2. The molecular formula is C13H12ClFN2O2S. The van der Waals surface area contributed by atoms with Crippen molar-refractivity contribution in [3.8, 4) is 0 Å². The van der Waals surface area contributed by atoms with Gasteiger partial charge in [-0.3, -0.25) is 4.72 Å². The molecule has 0 aliphatic carbocycles. The Bertz CT molecular complexity index is 743. The van der Waals surface area contributed by atoms with Gasteiger partial charge < -0.3 is 5.73 Å². The Labute approximate surface area is 121 Å². The molecule has 20 heavy (non-hydrogen) atoms. The molecule has 0 unspecified atom stereocenters. The minimum absolute atomic E-state index is 0.0182. The number of anilines is 2. The zero-order valence-corrected chi connectivity index (χ0v) is 12.1.